The molecule has 0 saturated heterocycles. The van der Waals surface area contributed by atoms with Crippen LogP contribution in [0.3, 0.4) is 0 Å². The number of fused-ring (bicyclic) bond motifs is 1. The maximum atomic E-state index is 10.5. The first-order valence-corrected chi connectivity index (χ1v) is 6.45. The van der Waals surface area contributed by atoms with Gasteiger partial charge in [0.2, 0.25) is 0 Å². The summed E-state index contributed by atoms with van der Waals surface area (Å²) in [5, 5.41) is 10.5. The van der Waals surface area contributed by atoms with Gasteiger partial charge in [0.1, 0.15) is 6.10 Å². The number of hydrogen-bond acceptors (Lipinski definition) is 3. The average Bonchev–Trinajstić information content (AvgIpc) is 2.83. The van der Waals surface area contributed by atoms with Crippen molar-refractivity contribution >= 4 is 11.6 Å². The Morgan fingerprint density at radius 2 is 1.60 bits per heavy atom. The van der Waals surface area contributed by atoms with Crippen LogP contribution in [0.15, 0.2) is 42.5 Å². The fourth-order valence-corrected chi connectivity index (χ4v) is 2.56. The topological polar surface area (TPSA) is 38.7 Å². The molecule has 102 valence electrons. The lowest BCUT2D eigenvalue weighted by molar-refractivity contribution is 0.240. The Bertz CT molecular complexity index is 659. The van der Waals surface area contributed by atoms with Gasteiger partial charge in [-0.3, -0.25) is 0 Å². The smallest absolute Gasteiger partial charge is 0.161 e. The van der Waals surface area contributed by atoms with Crippen LogP contribution in [-0.2, 0) is 0 Å². The predicted octanol–water partition coefficient (Wildman–Crippen LogP) is 3.29. The molecule has 0 aliphatic heterocycles. The van der Waals surface area contributed by atoms with Gasteiger partial charge in [0.15, 0.2) is 11.5 Å². The van der Waals surface area contributed by atoms with Gasteiger partial charge in [-0.15, -0.1) is 0 Å². The molecule has 1 aliphatic carbocycles. The molecule has 3 heteroatoms. The van der Waals surface area contributed by atoms with Crippen molar-refractivity contribution in [2.75, 3.05) is 14.2 Å². The maximum absolute atomic E-state index is 10.5. The van der Waals surface area contributed by atoms with E-state index in [4.69, 9.17) is 9.47 Å². The van der Waals surface area contributed by atoms with Crippen LogP contribution in [0.5, 0.6) is 11.5 Å². The van der Waals surface area contributed by atoms with Gasteiger partial charge < -0.3 is 14.6 Å². The molecule has 1 N–H and O–H groups in total. The Morgan fingerprint density at radius 1 is 0.950 bits per heavy atom. The summed E-state index contributed by atoms with van der Waals surface area (Å²) >= 11 is 0. The van der Waals surface area contributed by atoms with Crippen molar-refractivity contribution in [1.82, 2.24) is 0 Å². The Hall–Kier alpha value is -2.26. The van der Waals surface area contributed by atoms with Crippen molar-refractivity contribution in [3.63, 3.8) is 0 Å². The van der Waals surface area contributed by atoms with E-state index in [0.29, 0.717) is 11.5 Å². The highest BCUT2D eigenvalue weighted by Gasteiger charge is 2.26. The molecule has 0 saturated carbocycles. The van der Waals surface area contributed by atoms with Gasteiger partial charge in [0, 0.05) is 0 Å². The zero-order valence-electron chi connectivity index (χ0n) is 11.5. The molecule has 0 bridgehead atoms. The number of rotatable bonds is 3. The van der Waals surface area contributed by atoms with E-state index >= 15 is 0 Å². The monoisotopic (exact) mass is 268 g/mol. The SMILES string of the molecule is COc1cc2c(cc1OC)C(O)C(c1ccccc1)=C2. The number of benzene rings is 2. The largest absolute Gasteiger partial charge is 0.493 e. The average molecular weight is 268 g/mol. The van der Waals surface area contributed by atoms with Gasteiger partial charge in [-0.05, 0) is 40.5 Å². The minimum absolute atomic E-state index is 0.632. The molecule has 1 unspecified atom stereocenters. The summed E-state index contributed by atoms with van der Waals surface area (Å²) in [5.74, 6) is 1.30. The maximum Gasteiger partial charge on any atom is 0.161 e. The summed E-state index contributed by atoms with van der Waals surface area (Å²) in [4.78, 5) is 0. The molecule has 2 aromatic carbocycles. The minimum atomic E-state index is -0.632. The fraction of sp³-hybridized carbons (Fsp3) is 0.176. The Kier molecular flexibility index (Phi) is 3.20. The van der Waals surface area contributed by atoms with Gasteiger partial charge in [-0.1, -0.05) is 30.3 Å². The summed E-state index contributed by atoms with van der Waals surface area (Å²) in [6.07, 6.45) is 1.37. The first kappa shape index (κ1) is 12.8. The van der Waals surface area contributed by atoms with Crippen LogP contribution >= 0.6 is 0 Å². The van der Waals surface area contributed by atoms with E-state index in [1.165, 1.54) is 0 Å². The summed E-state index contributed by atoms with van der Waals surface area (Å²) in [7, 11) is 3.20. The Balaban J connectivity index is 2.08. The van der Waals surface area contributed by atoms with Crippen LogP contribution in [0.2, 0.25) is 0 Å². The van der Waals surface area contributed by atoms with E-state index in [-0.39, 0.29) is 0 Å². The number of hydrogen-bond donors (Lipinski definition) is 1. The van der Waals surface area contributed by atoms with Crippen molar-refractivity contribution in [3.05, 3.63) is 59.2 Å². The van der Waals surface area contributed by atoms with Crippen molar-refractivity contribution < 1.29 is 14.6 Å². The van der Waals surface area contributed by atoms with E-state index in [9.17, 15) is 5.11 Å². The second-order valence-corrected chi connectivity index (χ2v) is 4.70. The molecule has 0 amide bonds. The van der Waals surface area contributed by atoms with Crippen LogP contribution in [-0.4, -0.2) is 19.3 Å². The normalized spacial score (nSPS) is 16.6. The zero-order chi connectivity index (χ0) is 14.1. The van der Waals surface area contributed by atoms with Crippen molar-refractivity contribution in [2.24, 2.45) is 0 Å². The highest BCUT2D eigenvalue weighted by Crippen LogP contribution is 2.44. The van der Waals surface area contributed by atoms with Crippen LogP contribution in [0.25, 0.3) is 11.6 Å². The summed E-state index contributed by atoms with van der Waals surface area (Å²) in [6, 6.07) is 13.6. The fourth-order valence-electron chi connectivity index (χ4n) is 2.56. The van der Waals surface area contributed by atoms with Crippen LogP contribution in [0.4, 0.5) is 0 Å². The van der Waals surface area contributed by atoms with E-state index in [1.807, 2.05) is 48.5 Å². The van der Waals surface area contributed by atoms with Gasteiger partial charge in [0.05, 0.1) is 14.2 Å². The van der Waals surface area contributed by atoms with Crippen LogP contribution < -0.4 is 9.47 Å². The number of aliphatic hydroxyl groups is 1. The number of methoxy groups -OCH3 is 2. The molecule has 0 fully saturated rings. The summed E-state index contributed by atoms with van der Waals surface area (Å²) in [5.41, 5.74) is 3.74. The number of ether oxygens (including phenoxy) is 2. The first-order chi connectivity index (χ1) is 9.74. The lowest BCUT2D eigenvalue weighted by Crippen LogP contribution is -1.99. The third-order valence-electron chi connectivity index (χ3n) is 3.60. The molecular formula is C17H16O3. The predicted molar refractivity (Wildman–Crippen MR) is 78.8 cm³/mol. The number of aliphatic hydroxyl groups excluding tert-OH is 1. The molecular weight excluding hydrogens is 252 g/mol. The zero-order valence-corrected chi connectivity index (χ0v) is 11.5. The van der Waals surface area contributed by atoms with E-state index in [0.717, 1.165) is 22.3 Å². The second kappa shape index (κ2) is 5.02. The molecule has 3 nitrogen and oxygen atoms in total. The summed E-state index contributed by atoms with van der Waals surface area (Å²) in [6.45, 7) is 0. The molecule has 1 atom stereocenters. The van der Waals surface area contributed by atoms with E-state index in [2.05, 4.69) is 0 Å². The van der Waals surface area contributed by atoms with Gasteiger partial charge in [-0.2, -0.15) is 0 Å². The molecule has 3 rings (SSSR count). The van der Waals surface area contributed by atoms with E-state index < -0.39 is 6.10 Å². The molecule has 2 aromatic rings. The Labute approximate surface area is 118 Å². The standard InChI is InChI=1S/C17H16O3/c1-19-15-9-12-8-13(11-6-4-3-5-7-11)17(18)14(12)10-16(15)20-2/h3-10,17-18H,1-2H3. The highest BCUT2D eigenvalue weighted by molar-refractivity contribution is 5.91. The Morgan fingerprint density at radius 3 is 2.25 bits per heavy atom. The first-order valence-electron chi connectivity index (χ1n) is 6.45. The molecule has 0 heterocycles. The van der Waals surface area contributed by atoms with Crippen LogP contribution in [0.1, 0.15) is 22.8 Å². The highest BCUT2D eigenvalue weighted by atomic mass is 16.5. The molecule has 0 spiro atoms. The van der Waals surface area contributed by atoms with Crippen molar-refractivity contribution in [1.29, 1.82) is 0 Å². The third kappa shape index (κ3) is 1.96. The third-order valence-corrected chi connectivity index (χ3v) is 3.60. The van der Waals surface area contributed by atoms with Crippen molar-refractivity contribution in [3.8, 4) is 11.5 Å². The van der Waals surface area contributed by atoms with Gasteiger partial charge in [-0.25, -0.2) is 0 Å². The lowest BCUT2D eigenvalue weighted by atomic mass is 10.0. The summed E-state index contributed by atoms with van der Waals surface area (Å²) < 4.78 is 10.6. The van der Waals surface area contributed by atoms with Crippen LogP contribution in [0, 0.1) is 0 Å². The van der Waals surface area contributed by atoms with E-state index in [1.54, 1.807) is 14.2 Å². The van der Waals surface area contributed by atoms with Gasteiger partial charge in [0.25, 0.3) is 0 Å². The molecule has 1 aliphatic rings. The van der Waals surface area contributed by atoms with Crippen molar-refractivity contribution in [2.45, 2.75) is 6.10 Å². The quantitative estimate of drug-likeness (QED) is 0.928. The van der Waals surface area contributed by atoms with Gasteiger partial charge >= 0.3 is 0 Å². The minimum Gasteiger partial charge on any atom is -0.493 e. The molecule has 0 radical (unpaired) electrons. The second-order valence-electron chi connectivity index (χ2n) is 4.70. The molecule has 0 aromatic heterocycles. The lowest BCUT2D eigenvalue weighted by Gasteiger charge is -2.13. The molecule has 20 heavy (non-hydrogen) atoms.